The minimum absolute atomic E-state index is 0.234. The van der Waals surface area contributed by atoms with Gasteiger partial charge in [-0.1, -0.05) is 23.2 Å². The fourth-order valence-electron chi connectivity index (χ4n) is 1.70. The molecule has 6 heteroatoms. The van der Waals surface area contributed by atoms with E-state index >= 15 is 0 Å². The molecule has 3 N–H and O–H groups in total. The van der Waals surface area contributed by atoms with E-state index in [0.717, 1.165) is 29.9 Å². The summed E-state index contributed by atoms with van der Waals surface area (Å²) >= 11 is 13.5. The Hall–Kier alpha value is -0.420. The Morgan fingerprint density at radius 2 is 2.16 bits per heavy atom. The Morgan fingerprint density at radius 1 is 1.42 bits per heavy atom. The number of halogens is 2. The number of nitrogens with one attached hydrogen (secondary N) is 1. The van der Waals surface area contributed by atoms with Gasteiger partial charge in [0.05, 0.1) is 16.1 Å². The number of thioether (sulfide) groups is 1. The molecule has 0 spiro atoms. The monoisotopic (exact) mass is 318 g/mol. The lowest BCUT2D eigenvalue weighted by Crippen LogP contribution is -2.42. The third-order valence-corrected chi connectivity index (χ3v) is 4.69. The van der Waals surface area contributed by atoms with Crippen LogP contribution in [0.15, 0.2) is 23.1 Å². The largest absolute Gasteiger partial charge is 0.368 e. The van der Waals surface area contributed by atoms with Crippen molar-refractivity contribution in [3.8, 4) is 0 Å². The van der Waals surface area contributed by atoms with Gasteiger partial charge in [-0.15, -0.1) is 11.8 Å². The second-order valence-corrected chi connectivity index (χ2v) is 6.59. The van der Waals surface area contributed by atoms with Gasteiger partial charge in [0.25, 0.3) is 0 Å². The van der Waals surface area contributed by atoms with E-state index in [-0.39, 0.29) is 11.9 Å². The van der Waals surface area contributed by atoms with Crippen LogP contribution in [-0.4, -0.2) is 23.7 Å². The van der Waals surface area contributed by atoms with E-state index in [2.05, 4.69) is 5.32 Å². The maximum atomic E-state index is 11.3. The Morgan fingerprint density at radius 3 is 2.74 bits per heavy atom. The van der Waals surface area contributed by atoms with Crippen molar-refractivity contribution in [2.75, 3.05) is 5.75 Å². The first kappa shape index (κ1) is 15.0. The number of hydrogen-bond acceptors (Lipinski definition) is 3. The molecule has 1 unspecified atom stereocenters. The predicted octanol–water partition coefficient (Wildman–Crippen LogP) is 3.08. The van der Waals surface area contributed by atoms with Crippen LogP contribution < -0.4 is 11.1 Å². The summed E-state index contributed by atoms with van der Waals surface area (Å²) in [4.78, 5) is 12.4. The van der Waals surface area contributed by atoms with Gasteiger partial charge in [-0.05, 0) is 43.2 Å². The zero-order valence-corrected chi connectivity index (χ0v) is 12.7. The van der Waals surface area contributed by atoms with E-state index in [4.69, 9.17) is 28.9 Å². The molecule has 0 radical (unpaired) electrons. The van der Waals surface area contributed by atoms with Crippen molar-refractivity contribution < 1.29 is 4.79 Å². The lowest BCUT2D eigenvalue weighted by molar-refractivity contribution is -0.120. The van der Waals surface area contributed by atoms with Gasteiger partial charge in [-0.25, -0.2) is 0 Å². The fraction of sp³-hybridized carbons (Fsp3) is 0.462. The standard InChI is InChI=1S/C13H16Cl2N2OS/c14-10-4-3-9(7-11(10)15)19-6-5-12(13(16)18)17-8-1-2-8/h3-4,7-8,12,17H,1-2,5-6H2,(H2,16,18). The lowest BCUT2D eigenvalue weighted by Gasteiger charge is -2.14. The SMILES string of the molecule is NC(=O)C(CCSc1ccc(Cl)c(Cl)c1)NC1CC1. The van der Waals surface area contributed by atoms with Gasteiger partial charge in [0.2, 0.25) is 5.91 Å². The third kappa shape index (κ3) is 4.88. The van der Waals surface area contributed by atoms with Gasteiger partial charge in [-0.3, -0.25) is 4.79 Å². The number of benzene rings is 1. The molecule has 0 bridgehead atoms. The molecule has 1 aliphatic rings. The molecule has 1 fully saturated rings. The molecule has 19 heavy (non-hydrogen) atoms. The second-order valence-electron chi connectivity index (χ2n) is 4.61. The molecule has 1 aliphatic carbocycles. The van der Waals surface area contributed by atoms with E-state index in [1.807, 2.05) is 12.1 Å². The number of amides is 1. The Kier molecular flexibility index (Phi) is 5.39. The minimum atomic E-state index is -0.276. The fourth-order valence-corrected chi connectivity index (χ4v) is 3.02. The molecule has 1 amide bonds. The van der Waals surface area contributed by atoms with Gasteiger partial charge in [0.15, 0.2) is 0 Å². The van der Waals surface area contributed by atoms with Gasteiger partial charge >= 0.3 is 0 Å². The van der Waals surface area contributed by atoms with Crippen molar-refractivity contribution in [3.05, 3.63) is 28.2 Å². The normalized spacial score (nSPS) is 16.3. The number of hydrogen-bond donors (Lipinski definition) is 2. The van der Waals surface area contributed by atoms with Crippen LogP contribution in [0.4, 0.5) is 0 Å². The predicted molar refractivity (Wildman–Crippen MR) is 80.9 cm³/mol. The van der Waals surface area contributed by atoms with Crippen molar-refractivity contribution >= 4 is 40.9 Å². The first-order chi connectivity index (χ1) is 9.06. The van der Waals surface area contributed by atoms with Crippen molar-refractivity contribution in [2.45, 2.75) is 36.2 Å². The summed E-state index contributed by atoms with van der Waals surface area (Å²) in [5.41, 5.74) is 5.39. The van der Waals surface area contributed by atoms with Crippen molar-refractivity contribution in [1.29, 1.82) is 0 Å². The number of nitrogens with two attached hydrogens (primary N) is 1. The van der Waals surface area contributed by atoms with E-state index in [1.54, 1.807) is 17.8 Å². The summed E-state index contributed by atoms with van der Waals surface area (Å²) in [7, 11) is 0. The number of rotatable bonds is 7. The summed E-state index contributed by atoms with van der Waals surface area (Å²) in [6.07, 6.45) is 3.00. The molecule has 1 aromatic rings. The van der Waals surface area contributed by atoms with Crippen LogP contribution in [0.1, 0.15) is 19.3 Å². The van der Waals surface area contributed by atoms with Gasteiger partial charge in [0, 0.05) is 10.9 Å². The molecule has 2 rings (SSSR count). The maximum Gasteiger partial charge on any atom is 0.234 e. The molecule has 0 heterocycles. The van der Waals surface area contributed by atoms with E-state index in [0.29, 0.717) is 16.1 Å². The molecule has 0 saturated heterocycles. The Balaban J connectivity index is 1.80. The van der Waals surface area contributed by atoms with E-state index < -0.39 is 0 Å². The molecular formula is C13H16Cl2N2OS. The van der Waals surface area contributed by atoms with Crippen LogP contribution in [0, 0.1) is 0 Å². The zero-order valence-electron chi connectivity index (χ0n) is 10.4. The average Bonchev–Trinajstić information content (AvgIpc) is 3.16. The lowest BCUT2D eigenvalue weighted by atomic mass is 10.2. The molecule has 1 saturated carbocycles. The molecule has 0 aromatic heterocycles. The van der Waals surface area contributed by atoms with Crippen LogP contribution in [0.3, 0.4) is 0 Å². The third-order valence-electron chi connectivity index (χ3n) is 2.92. The molecule has 104 valence electrons. The van der Waals surface area contributed by atoms with Gasteiger partial charge in [0.1, 0.15) is 0 Å². The summed E-state index contributed by atoms with van der Waals surface area (Å²) in [5, 5.41) is 4.36. The van der Waals surface area contributed by atoms with Crippen LogP contribution >= 0.6 is 35.0 Å². The summed E-state index contributed by atoms with van der Waals surface area (Å²) < 4.78 is 0. The molecular weight excluding hydrogens is 303 g/mol. The molecule has 1 aromatic carbocycles. The van der Waals surface area contributed by atoms with E-state index in [1.165, 1.54) is 0 Å². The van der Waals surface area contributed by atoms with Crippen LogP contribution in [0.25, 0.3) is 0 Å². The number of carbonyl (C=O) groups excluding carboxylic acids is 1. The smallest absolute Gasteiger partial charge is 0.234 e. The summed E-state index contributed by atoms with van der Waals surface area (Å²) in [6.45, 7) is 0. The highest BCUT2D eigenvalue weighted by atomic mass is 35.5. The highest BCUT2D eigenvalue weighted by Crippen LogP contribution is 2.28. The van der Waals surface area contributed by atoms with E-state index in [9.17, 15) is 4.79 Å². The minimum Gasteiger partial charge on any atom is -0.368 e. The van der Waals surface area contributed by atoms with Crippen LogP contribution in [0.2, 0.25) is 10.0 Å². The van der Waals surface area contributed by atoms with Crippen molar-refractivity contribution in [3.63, 3.8) is 0 Å². The number of primary amides is 1. The van der Waals surface area contributed by atoms with Crippen LogP contribution in [-0.2, 0) is 4.79 Å². The van der Waals surface area contributed by atoms with Crippen LogP contribution in [0.5, 0.6) is 0 Å². The number of carbonyl (C=O) groups is 1. The topological polar surface area (TPSA) is 55.1 Å². The highest BCUT2D eigenvalue weighted by Gasteiger charge is 2.26. The Bertz CT molecular complexity index is 466. The van der Waals surface area contributed by atoms with Gasteiger partial charge < -0.3 is 11.1 Å². The molecule has 0 aliphatic heterocycles. The first-order valence-electron chi connectivity index (χ1n) is 6.19. The average molecular weight is 319 g/mol. The molecule has 1 atom stereocenters. The van der Waals surface area contributed by atoms with Crippen molar-refractivity contribution in [2.24, 2.45) is 5.73 Å². The quantitative estimate of drug-likeness (QED) is 0.760. The van der Waals surface area contributed by atoms with Gasteiger partial charge in [-0.2, -0.15) is 0 Å². The summed E-state index contributed by atoms with van der Waals surface area (Å²) in [6, 6.07) is 5.78. The Labute approximate surface area is 127 Å². The molecule has 3 nitrogen and oxygen atoms in total. The highest BCUT2D eigenvalue weighted by molar-refractivity contribution is 7.99. The zero-order chi connectivity index (χ0) is 13.8. The summed E-state index contributed by atoms with van der Waals surface area (Å²) in [5.74, 6) is 0.535. The van der Waals surface area contributed by atoms with Crippen molar-refractivity contribution in [1.82, 2.24) is 5.32 Å². The second kappa shape index (κ2) is 6.84. The maximum absolute atomic E-state index is 11.3. The first-order valence-corrected chi connectivity index (χ1v) is 7.93.